The zero-order chi connectivity index (χ0) is 24.4. The Balaban J connectivity index is 1.74. The molecule has 9 nitrogen and oxygen atoms in total. The van der Waals surface area contributed by atoms with Crippen molar-refractivity contribution in [2.24, 2.45) is 14.1 Å². The number of halogens is 1. The first-order chi connectivity index (χ1) is 16.3. The number of carbonyl (C=O) groups excluding carboxylic acids is 1. The Bertz CT molecular complexity index is 1520. The Morgan fingerprint density at radius 3 is 2.53 bits per heavy atom. The van der Waals surface area contributed by atoms with Crippen LogP contribution in [0.2, 0.25) is 0 Å². The summed E-state index contributed by atoms with van der Waals surface area (Å²) in [6, 6.07) is 12.4. The highest BCUT2D eigenvalue weighted by molar-refractivity contribution is 8.00. The normalized spacial score (nSPS) is 10.9. The van der Waals surface area contributed by atoms with Crippen molar-refractivity contribution in [1.82, 2.24) is 19.1 Å². The van der Waals surface area contributed by atoms with Gasteiger partial charge in [0, 0.05) is 31.4 Å². The minimum absolute atomic E-state index is 0.0574. The second-order valence-electron chi connectivity index (χ2n) is 7.33. The van der Waals surface area contributed by atoms with Crippen LogP contribution in [0.3, 0.4) is 0 Å². The molecule has 0 bridgehead atoms. The third-order valence-electron chi connectivity index (χ3n) is 5.06. The van der Waals surface area contributed by atoms with Gasteiger partial charge in [-0.15, -0.1) is 0 Å². The van der Waals surface area contributed by atoms with E-state index in [-0.39, 0.29) is 33.5 Å². The lowest BCUT2D eigenvalue weighted by molar-refractivity contribution is -0.113. The predicted molar refractivity (Wildman–Crippen MR) is 128 cm³/mol. The lowest BCUT2D eigenvalue weighted by Gasteiger charge is -2.12. The molecule has 2 aromatic carbocycles. The third kappa shape index (κ3) is 4.55. The molecule has 1 N–H and O–H groups in total. The molecular formula is C23H20FN5O4S. The molecule has 0 atom stereocenters. The first-order valence-corrected chi connectivity index (χ1v) is 11.1. The third-order valence-corrected chi connectivity index (χ3v) is 6.04. The number of fused-ring (bicyclic) bond motifs is 1. The quantitative estimate of drug-likeness (QED) is 0.333. The number of thioether (sulfide) groups is 1. The number of nitrogens with one attached hydrogen (secondary N) is 1. The van der Waals surface area contributed by atoms with Crippen molar-refractivity contribution < 1.29 is 13.9 Å². The van der Waals surface area contributed by atoms with Crippen molar-refractivity contribution in [2.75, 3.05) is 18.2 Å². The van der Waals surface area contributed by atoms with Crippen LogP contribution in [0.4, 0.5) is 10.1 Å². The molecule has 4 aromatic rings. The molecule has 0 fully saturated rings. The Morgan fingerprint density at radius 2 is 1.82 bits per heavy atom. The number of methoxy groups -OCH3 is 1. The summed E-state index contributed by atoms with van der Waals surface area (Å²) >= 11 is 1.04. The maximum atomic E-state index is 13.4. The van der Waals surface area contributed by atoms with E-state index in [1.807, 2.05) is 0 Å². The Hall–Kier alpha value is -3.99. The number of aryl methyl sites for hydroxylation is 1. The number of carbonyl (C=O) groups is 1. The molecule has 174 valence electrons. The summed E-state index contributed by atoms with van der Waals surface area (Å²) in [5, 5.41) is 3.13. The van der Waals surface area contributed by atoms with Gasteiger partial charge in [0.15, 0.2) is 11.5 Å². The molecule has 2 aromatic heterocycles. The smallest absolute Gasteiger partial charge is 0.332 e. The van der Waals surface area contributed by atoms with E-state index in [9.17, 15) is 18.8 Å². The summed E-state index contributed by atoms with van der Waals surface area (Å²) < 4.78 is 20.8. The lowest BCUT2D eigenvalue weighted by Crippen LogP contribution is -2.37. The van der Waals surface area contributed by atoms with Gasteiger partial charge in [-0.2, -0.15) is 0 Å². The van der Waals surface area contributed by atoms with Crippen LogP contribution < -0.4 is 21.3 Å². The van der Waals surface area contributed by atoms with Crippen molar-refractivity contribution in [3.63, 3.8) is 0 Å². The van der Waals surface area contributed by atoms with Gasteiger partial charge in [0.1, 0.15) is 22.0 Å². The number of ether oxygens (including phenoxy) is 1. The van der Waals surface area contributed by atoms with Gasteiger partial charge >= 0.3 is 5.69 Å². The first-order valence-electron chi connectivity index (χ1n) is 10.1. The Labute approximate surface area is 197 Å². The molecule has 0 unspecified atom stereocenters. The van der Waals surface area contributed by atoms with Gasteiger partial charge in [0.2, 0.25) is 5.91 Å². The monoisotopic (exact) mass is 481 g/mol. The number of aromatic nitrogens is 4. The second-order valence-corrected chi connectivity index (χ2v) is 8.30. The number of hydrogen-bond donors (Lipinski definition) is 1. The van der Waals surface area contributed by atoms with E-state index in [0.717, 1.165) is 16.3 Å². The molecule has 0 saturated heterocycles. The number of rotatable bonds is 6. The predicted octanol–water partition coefficient (Wildman–Crippen LogP) is 2.57. The van der Waals surface area contributed by atoms with Gasteiger partial charge in [-0.05, 0) is 36.4 Å². The van der Waals surface area contributed by atoms with Crippen molar-refractivity contribution in [3.8, 4) is 17.1 Å². The fourth-order valence-electron chi connectivity index (χ4n) is 3.29. The van der Waals surface area contributed by atoms with Crippen LogP contribution in [0, 0.1) is 5.82 Å². The van der Waals surface area contributed by atoms with Gasteiger partial charge in [0.05, 0.1) is 12.9 Å². The molecule has 0 aliphatic heterocycles. The largest absolute Gasteiger partial charge is 0.497 e. The van der Waals surface area contributed by atoms with E-state index in [1.165, 1.54) is 50.0 Å². The van der Waals surface area contributed by atoms with Gasteiger partial charge in [0.25, 0.3) is 5.56 Å². The highest BCUT2D eigenvalue weighted by Crippen LogP contribution is 2.26. The van der Waals surface area contributed by atoms with E-state index < -0.39 is 17.1 Å². The molecular weight excluding hydrogens is 461 g/mol. The van der Waals surface area contributed by atoms with Crippen LogP contribution in [-0.4, -0.2) is 37.9 Å². The van der Waals surface area contributed by atoms with Crippen LogP contribution in [-0.2, 0) is 18.9 Å². The standard InChI is InChI=1S/C23H20FN5O4S/c1-28-20-18(22(31)29(2)23(28)32)21(27-19(26-20)13-7-9-14(24)10-8-13)34-12-17(30)25-15-5-4-6-16(11-15)33-3/h4-11H,12H2,1-3H3,(H,25,30). The van der Waals surface area contributed by atoms with Crippen molar-refractivity contribution in [2.45, 2.75) is 5.03 Å². The van der Waals surface area contributed by atoms with E-state index in [4.69, 9.17) is 4.74 Å². The minimum atomic E-state index is -0.570. The zero-order valence-electron chi connectivity index (χ0n) is 18.5. The van der Waals surface area contributed by atoms with E-state index in [2.05, 4.69) is 15.3 Å². The Morgan fingerprint density at radius 1 is 1.09 bits per heavy atom. The van der Waals surface area contributed by atoms with Crippen LogP contribution in [0.15, 0.2) is 63.1 Å². The van der Waals surface area contributed by atoms with Gasteiger partial charge in [-0.1, -0.05) is 17.8 Å². The first kappa shape index (κ1) is 23.2. The second kappa shape index (κ2) is 9.48. The maximum absolute atomic E-state index is 13.4. The van der Waals surface area contributed by atoms with Crippen molar-refractivity contribution in [3.05, 3.63) is 75.2 Å². The van der Waals surface area contributed by atoms with Crippen LogP contribution in [0.1, 0.15) is 0 Å². The highest BCUT2D eigenvalue weighted by Gasteiger charge is 2.19. The number of anilines is 1. The van der Waals surface area contributed by atoms with Gasteiger partial charge in [-0.3, -0.25) is 18.7 Å². The average molecular weight is 482 g/mol. The number of hydrogen-bond acceptors (Lipinski definition) is 7. The summed E-state index contributed by atoms with van der Waals surface area (Å²) in [6.07, 6.45) is 0. The molecule has 11 heteroatoms. The zero-order valence-corrected chi connectivity index (χ0v) is 19.4. The van der Waals surface area contributed by atoms with Crippen molar-refractivity contribution >= 4 is 34.4 Å². The van der Waals surface area contributed by atoms with Crippen LogP contribution in [0.5, 0.6) is 5.75 Å². The molecule has 1 amide bonds. The van der Waals surface area contributed by atoms with E-state index in [0.29, 0.717) is 17.0 Å². The summed E-state index contributed by atoms with van der Waals surface area (Å²) in [5.41, 5.74) is 0.0625. The number of amides is 1. The molecule has 0 radical (unpaired) electrons. The molecule has 2 heterocycles. The SMILES string of the molecule is COc1cccc(NC(=O)CSc2nc(-c3ccc(F)cc3)nc3c2c(=O)n(C)c(=O)n3C)c1. The minimum Gasteiger partial charge on any atom is -0.497 e. The molecule has 0 aliphatic rings. The molecule has 0 aliphatic carbocycles. The van der Waals surface area contributed by atoms with E-state index in [1.54, 1.807) is 24.3 Å². The summed E-state index contributed by atoms with van der Waals surface area (Å²) in [5.74, 6) is -0.00489. The molecule has 0 saturated carbocycles. The number of nitrogens with zero attached hydrogens (tertiary/aromatic N) is 4. The highest BCUT2D eigenvalue weighted by atomic mass is 32.2. The molecule has 0 spiro atoms. The fraction of sp³-hybridized carbons (Fsp3) is 0.174. The Kier molecular flexibility index (Phi) is 6.46. The lowest BCUT2D eigenvalue weighted by atomic mass is 10.2. The molecule has 4 rings (SSSR count). The fourth-order valence-corrected chi connectivity index (χ4v) is 4.11. The van der Waals surface area contributed by atoms with Gasteiger partial charge in [-0.25, -0.2) is 19.2 Å². The number of benzene rings is 2. The summed E-state index contributed by atoms with van der Waals surface area (Å²) in [6.45, 7) is 0. The molecule has 34 heavy (non-hydrogen) atoms. The maximum Gasteiger partial charge on any atom is 0.332 e. The van der Waals surface area contributed by atoms with Gasteiger partial charge < -0.3 is 10.1 Å². The topological polar surface area (TPSA) is 108 Å². The van der Waals surface area contributed by atoms with Crippen LogP contribution in [0.25, 0.3) is 22.4 Å². The summed E-state index contributed by atoms with van der Waals surface area (Å²) in [4.78, 5) is 46.8. The van der Waals surface area contributed by atoms with E-state index >= 15 is 0 Å². The van der Waals surface area contributed by atoms with Crippen molar-refractivity contribution in [1.29, 1.82) is 0 Å². The summed E-state index contributed by atoms with van der Waals surface area (Å²) in [7, 11) is 4.39. The van der Waals surface area contributed by atoms with Crippen LogP contribution >= 0.6 is 11.8 Å². The average Bonchev–Trinajstić information content (AvgIpc) is 2.85.